The summed E-state index contributed by atoms with van der Waals surface area (Å²) in [7, 11) is 1.64. The van der Waals surface area contributed by atoms with Crippen LogP contribution in [0.15, 0.2) is 36.4 Å². The van der Waals surface area contributed by atoms with E-state index in [9.17, 15) is 9.18 Å². The van der Waals surface area contributed by atoms with E-state index in [4.69, 9.17) is 17.0 Å². The van der Waals surface area contributed by atoms with Gasteiger partial charge in [-0.15, -0.1) is 0 Å². The summed E-state index contributed by atoms with van der Waals surface area (Å²) in [6, 6.07) is 10.2. The predicted octanol–water partition coefficient (Wildman–Crippen LogP) is 3.44. The summed E-state index contributed by atoms with van der Waals surface area (Å²) in [6.45, 7) is 0.885. The van der Waals surface area contributed by atoms with Crippen LogP contribution in [0, 0.1) is 10.6 Å². The number of hydrogen-bond donors (Lipinski definition) is 3. The third kappa shape index (κ3) is 3.52. The average Bonchev–Trinajstić information content (AvgIpc) is 2.93. The lowest BCUT2D eigenvalue weighted by Gasteiger charge is -2.07. The van der Waals surface area contributed by atoms with E-state index in [1.165, 1.54) is 12.1 Å². The maximum Gasteiger partial charge on any atom is 0.253 e. The lowest BCUT2D eigenvalue weighted by atomic mass is 10.1. The third-order valence-electron chi connectivity index (χ3n) is 3.62. The Kier molecular flexibility index (Phi) is 4.73. The molecule has 0 spiro atoms. The van der Waals surface area contributed by atoms with E-state index in [-0.39, 0.29) is 11.5 Å². The van der Waals surface area contributed by atoms with Crippen LogP contribution in [0.25, 0.3) is 11.0 Å². The van der Waals surface area contributed by atoms with Gasteiger partial charge in [-0.25, -0.2) is 4.39 Å². The molecule has 0 saturated carbocycles. The number of carbonyl (C=O) groups excluding carboxylic acids is 1. The van der Waals surface area contributed by atoms with Crippen LogP contribution in [0.4, 0.5) is 4.39 Å². The number of carbonyl (C=O) groups is 1. The van der Waals surface area contributed by atoms with Crippen LogP contribution in [-0.2, 0) is 17.9 Å². The number of ether oxygens (including phenoxy) is 1. The Morgan fingerprint density at radius 1 is 1.21 bits per heavy atom. The number of nitrogens with one attached hydrogen (secondary N) is 3. The van der Waals surface area contributed by atoms with Gasteiger partial charge in [-0.3, -0.25) is 4.79 Å². The number of rotatable bonds is 5. The Morgan fingerprint density at radius 2 is 1.92 bits per heavy atom. The number of aromatic amines is 2. The number of imidazole rings is 1. The highest BCUT2D eigenvalue weighted by Gasteiger charge is 2.13. The second kappa shape index (κ2) is 6.94. The summed E-state index contributed by atoms with van der Waals surface area (Å²) in [4.78, 5) is 18.1. The molecular formula is C17H16FN3O2S. The summed E-state index contributed by atoms with van der Waals surface area (Å²) < 4.78 is 19.1. The lowest BCUT2D eigenvalue weighted by molar-refractivity contribution is 0.0952. The second-order valence-corrected chi connectivity index (χ2v) is 5.80. The highest BCUT2D eigenvalue weighted by Crippen LogP contribution is 2.18. The number of hydrogen-bond acceptors (Lipinski definition) is 3. The molecule has 3 N–H and O–H groups in total. The molecule has 1 aromatic heterocycles. The van der Waals surface area contributed by atoms with E-state index >= 15 is 0 Å². The molecular weight excluding hydrogens is 329 g/mol. The quantitative estimate of drug-likeness (QED) is 0.621. The fraction of sp³-hybridized carbons (Fsp3) is 0.176. The number of fused-ring (bicyclic) bond motifs is 1. The van der Waals surface area contributed by atoms with Gasteiger partial charge in [0.2, 0.25) is 0 Å². The van der Waals surface area contributed by atoms with Gasteiger partial charge in [0, 0.05) is 13.7 Å². The van der Waals surface area contributed by atoms with Crippen LogP contribution in [0.5, 0.6) is 0 Å². The average molecular weight is 345 g/mol. The standard InChI is InChI=1S/C17H16FN3O2S/c1-23-9-11-4-2-10(3-5-11)8-19-16(22)13-6-12(18)7-14-15(13)21-17(24)20-14/h2-7H,8-9H2,1H3,(H,19,22)(H2,20,21,24). The molecule has 0 saturated heterocycles. The molecule has 0 aliphatic carbocycles. The van der Waals surface area contributed by atoms with Crippen molar-refractivity contribution in [3.8, 4) is 0 Å². The minimum absolute atomic E-state index is 0.216. The molecule has 7 heteroatoms. The summed E-state index contributed by atoms with van der Waals surface area (Å²) in [6.07, 6.45) is 0. The van der Waals surface area contributed by atoms with Crippen LogP contribution >= 0.6 is 12.2 Å². The first-order chi connectivity index (χ1) is 11.6. The van der Waals surface area contributed by atoms with Crippen LogP contribution < -0.4 is 5.32 Å². The molecule has 3 aromatic rings. The molecule has 0 unspecified atom stereocenters. The number of aromatic nitrogens is 2. The van der Waals surface area contributed by atoms with Gasteiger partial charge in [-0.2, -0.15) is 0 Å². The van der Waals surface area contributed by atoms with Gasteiger partial charge in [0.1, 0.15) is 5.82 Å². The van der Waals surface area contributed by atoms with Crippen LogP contribution in [0.3, 0.4) is 0 Å². The first kappa shape index (κ1) is 16.4. The van der Waals surface area contributed by atoms with Gasteiger partial charge in [-0.1, -0.05) is 24.3 Å². The van der Waals surface area contributed by atoms with Crippen molar-refractivity contribution in [2.24, 2.45) is 0 Å². The Bertz CT molecular complexity index is 931. The predicted molar refractivity (Wildman–Crippen MR) is 91.8 cm³/mol. The molecule has 0 aliphatic rings. The smallest absolute Gasteiger partial charge is 0.253 e. The molecule has 2 aromatic carbocycles. The SMILES string of the molecule is COCc1ccc(CNC(=O)c2cc(F)cc3[nH]c(=S)[nH]c23)cc1. The first-order valence-electron chi connectivity index (χ1n) is 7.33. The highest BCUT2D eigenvalue weighted by atomic mass is 32.1. The van der Waals surface area contributed by atoms with Crippen molar-refractivity contribution in [2.75, 3.05) is 7.11 Å². The zero-order chi connectivity index (χ0) is 17.1. The van der Waals surface area contributed by atoms with E-state index in [1.807, 2.05) is 24.3 Å². The summed E-state index contributed by atoms with van der Waals surface area (Å²) in [5.74, 6) is -0.868. The largest absolute Gasteiger partial charge is 0.380 e. The molecule has 1 amide bonds. The Hall–Kier alpha value is -2.51. The highest BCUT2D eigenvalue weighted by molar-refractivity contribution is 7.71. The monoisotopic (exact) mass is 345 g/mol. The Balaban J connectivity index is 1.76. The fourth-order valence-electron chi connectivity index (χ4n) is 2.48. The molecule has 3 rings (SSSR count). The van der Waals surface area contributed by atoms with Gasteiger partial charge in [0.25, 0.3) is 5.91 Å². The maximum absolute atomic E-state index is 13.7. The van der Waals surface area contributed by atoms with E-state index in [1.54, 1.807) is 7.11 Å². The number of amides is 1. The van der Waals surface area contributed by atoms with E-state index in [2.05, 4.69) is 15.3 Å². The first-order valence-corrected chi connectivity index (χ1v) is 7.74. The van der Waals surface area contributed by atoms with Gasteiger partial charge in [0.15, 0.2) is 4.77 Å². The lowest BCUT2D eigenvalue weighted by Crippen LogP contribution is -2.23. The van der Waals surface area contributed by atoms with Gasteiger partial charge in [-0.05, 0) is 35.5 Å². The normalized spacial score (nSPS) is 10.9. The zero-order valence-corrected chi connectivity index (χ0v) is 13.8. The van der Waals surface area contributed by atoms with Crippen molar-refractivity contribution in [3.63, 3.8) is 0 Å². The number of methoxy groups -OCH3 is 1. The van der Waals surface area contributed by atoms with E-state index < -0.39 is 5.82 Å². The minimum Gasteiger partial charge on any atom is -0.380 e. The number of H-pyrrole nitrogens is 2. The van der Waals surface area contributed by atoms with Crippen molar-refractivity contribution in [1.82, 2.24) is 15.3 Å². The molecule has 0 radical (unpaired) electrons. The zero-order valence-electron chi connectivity index (χ0n) is 13.0. The Morgan fingerprint density at radius 3 is 2.62 bits per heavy atom. The molecule has 0 aliphatic heterocycles. The van der Waals surface area contributed by atoms with E-state index in [0.29, 0.717) is 29.0 Å². The summed E-state index contributed by atoms with van der Waals surface area (Å²) in [5.41, 5.74) is 3.17. The van der Waals surface area contributed by atoms with Gasteiger partial charge >= 0.3 is 0 Å². The van der Waals surface area contributed by atoms with Crippen molar-refractivity contribution in [3.05, 3.63) is 63.7 Å². The summed E-state index contributed by atoms with van der Waals surface area (Å²) in [5, 5.41) is 2.79. The number of benzene rings is 2. The minimum atomic E-state index is -0.498. The third-order valence-corrected chi connectivity index (χ3v) is 3.83. The van der Waals surface area contributed by atoms with Crippen molar-refractivity contribution in [2.45, 2.75) is 13.2 Å². The fourth-order valence-corrected chi connectivity index (χ4v) is 2.70. The van der Waals surface area contributed by atoms with E-state index in [0.717, 1.165) is 11.1 Å². The topological polar surface area (TPSA) is 69.9 Å². The molecule has 0 atom stereocenters. The van der Waals surface area contributed by atoms with Gasteiger partial charge < -0.3 is 20.0 Å². The maximum atomic E-state index is 13.7. The van der Waals surface area contributed by atoms with Crippen LogP contribution in [0.1, 0.15) is 21.5 Å². The molecule has 0 fully saturated rings. The van der Waals surface area contributed by atoms with Gasteiger partial charge in [0.05, 0.1) is 23.2 Å². The van der Waals surface area contributed by atoms with Crippen LogP contribution in [0.2, 0.25) is 0 Å². The molecule has 1 heterocycles. The molecule has 124 valence electrons. The molecule has 24 heavy (non-hydrogen) atoms. The van der Waals surface area contributed by atoms with Crippen LogP contribution in [-0.4, -0.2) is 23.0 Å². The summed E-state index contributed by atoms with van der Waals surface area (Å²) >= 11 is 5.00. The van der Waals surface area contributed by atoms with Crippen molar-refractivity contribution in [1.29, 1.82) is 0 Å². The second-order valence-electron chi connectivity index (χ2n) is 5.39. The number of halogens is 1. The molecule has 0 bridgehead atoms. The van der Waals surface area contributed by atoms with Crippen molar-refractivity contribution < 1.29 is 13.9 Å². The molecule has 5 nitrogen and oxygen atoms in total. The Labute approximate surface area is 142 Å². The van der Waals surface area contributed by atoms with Crippen molar-refractivity contribution >= 4 is 29.2 Å².